The van der Waals surface area contributed by atoms with Gasteiger partial charge in [0, 0.05) is 19.0 Å². The highest BCUT2D eigenvalue weighted by Gasteiger charge is 2.25. The van der Waals surface area contributed by atoms with E-state index in [0.717, 1.165) is 51.9 Å². The number of hydrogen-bond donors (Lipinski definition) is 0. The molecule has 2 fully saturated rings. The summed E-state index contributed by atoms with van der Waals surface area (Å²) in [6.07, 6.45) is 5.40. The second-order valence-corrected chi connectivity index (χ2v) is 5.60. The van der Waals surface area contributed by atoms with E-state index in [1.165, 1.54) is 6.42 Å². The van der Waals surface area contributed by atoms with E-state index in [4.69, 9.17) is 0 Å². The largest absolute Gasteiger partial charge is 0.342 e. The zero-order valence-corrected chi connectivity index (χ0v) is 11.4. The van der Waals surface area contributed by atoms with E-state index < -0.39 is 0 Å². The molecule has 0 atom stereocenters. The molecule has 4 heteroatoms. The molecule has 1 amide bonds. The maximum Gasteiger partial charge on any atom is 0.236 e. The van der Waals surface area contributed by atoms with Gasteiger partial charge in [0.1, 0.15) is 5.78 Å². The van der Waals surface area contributed by atoms with Gasteiger partial charge in [0.2, 0.25) is 5.91 Å². The maximum absolute atomic E-state index is 12.1. The smallest absolute Gasteiger partial charge is 0.236 e. The van der Waals surface area contributed by atoms with Crippen molar-refractivity contribution in [3.63, 3.8) is 0 Å². The zero-order valence-electron chi connectivity index (χ0n) is 11.4. The van der Waals surface area contributed by atoms with Crippen LogP contribution in [0.1, 0.15) is 39.0 Å². The first-order valence-electron chi connectivity index (χ1n) is 7.17. The number of hydrogen-bond acceptors (Lipinski definition) is 3. The summed E-state index contributed by atoms with van der Waals surface area (Å²) in [5.41, 5.74) is 0. The Balaban J connectivity index is 1.73. The van der Waals surface area contributed by atoms with Crippen LogP contribution in [0.3, 0.4) is 0 Å². The lowest BCUT2D eigenvalue weighted by Crippen LogP contribution is -2.45. The van der Waals surface area contributed by atoms with Crippen LogP contribution in [0.4, 0.5) is 0 Å². The molecule has 2 aliphatic rings. The number of amides is 1. The van der Waals surface area contributed by atoms with Crippen molar-refractivity contribution >= 4 is 11.7 Å². The molecule has 0 bridgehead atoms. The highest BCUT2D eigenvalue weighted by Crippen LogP contribution is 2.18. The predicted molar refractivity (Wildman–Crippen MR) is 70.3 cm³/mol. The van der Waals surface area contributed by atoms with E-state index in [1.807, 2.05) is 4.90 Å². The number of piperidine rings is 2. The summed E-state index contributed by atoms with van der Waals surface area (Å²) >= 11 is 0. The van der Waals surface area contributed by atoms with Crippen LogP contribution in [0.25, 0.3) is 0 Å². The molecule has 2 rings (SSSR count). The van der Waals surface area contributed by atoms with Crippen molar-refractivity contribution in [2.45, 2.75) is 39.0 Å². The molecule has 0 N–H and O–H groups in total. The second-order valence-electron chi connectivity index (χ2n) is 5.60. The Morgan fingerprint density at radius 2 is 1.61 bits per heavy atom. The third-order valence-electron chi connectivity index (χ3n) is 4.23. The van der Waals surface area contributed by atoms with Crippen LogP contribution in [-0.4, -0.2) is 54.2 Å². The molecule has 4 nitrogen and oxygen atoms in total. The van der Waals surface area contributed by atoms with Crippen molar-refractivity contribution in [1.82, 2.24) is 9.80 Å². The van der Waals surface area contributed by atoms with Crippen molar-refractivity contribution < 1.29 is 9.59 Å². The molecule has 2 saturated heterocycles. The minimum atomic E-state index is 0.228. The molecule has 102 valence electrons. The van der Waals surface area contributed by atoms with Crippen molar-refractivity contribution in [3.8, 4) is 0 Å². The third kappa shape index (κ3) is 3.55. The Kier molecular flexibility index (Phi) is 4.75. The topological polar surface area (TPSA) is 40.6 Å². The summed E-state index contributed by atoms with van der Waals surface area (Å²) in [5, 5.41) is 0. The molecule has 0 spiro atoms. The van der Waals surface area contributed by atoms with Gasteiger partial charge in [-0.1, -0.05) is 0 Å². The summed E-state index contributed by atoms with van der Waals surface area (Å²) in [6.45, 7) is 5.88. The number of carbonyl (C=O) groups excluding carboxylic acids is 2. The molecule has 18 heavy (non-hydrogen) atoms. The quantitative estimate of drug-likeness (QED) is 0.760. The van der Waals surface area contributed by atoms with Crippen molar-refractivity contribution in [3.05, 3.63) is 0 Å². The highest BCUT2D eigenvalue weighted by molar-refractivity contribution is 5.79. The number of ketones is 1. The van der Waals surface area contributed by atoms with Crippen molar-refractivity contribution in [1.29, 1.82) is 0 Å². The van der Waals surface area contributed by atoms with Crippen LogP contribution in [0, 0.1) is 5.92 Å². The normalized spacial score (nSPS) is 23.1. The standard InChI is InChI=1S/C14H24N2O2/c1-12(17)13-5-9-15(10-6-13)11-14(18)16-7-3-2-4-8-16/h13H,2-11H2,1H3. The summed E-state index contributed by atoms with van der Waals surface area (Å²) in [5.74, 6) is 0.805. The second kappa shape index (κ2) is 6.32. The molecule has 0 aromatic heterocycles. The molecule has 0 aliphatic carbocycles. The summed E-state index contributed by atoms with van der Waals surface area (Å²) < 4.78 is 0. The summed E-state index contributed by atoms with van der Waals surface area (Å²) in [7, 11) is 0. The zero-order chi connectivity index (χ0) is 13.0. The first-order valence-corrected chi connectivity index (χ1v) is 7.17. The minimum absolute atomic E-state index is 0.228. The predicted octanol–water partition coefficient (Wildman–Crippen LogP) is 1.30. The lowest BCUT2D eigenvalue weighted by molar-refractivity contribution is -0.133. The van der Waals surface area contributed by atoms with Crippen LogP contribution in [-0.2, 0) is 9.59 Å². The molecule has 2 aliphatic heterocycles. The van der Waals surface area contributed by atoms with E-state index in [2.05, 4.69) is 4.90 Å². The first kappa shape index (κ1) is 13.5. The van der Waals surface area contributed by atoms with E-state index in [-0.39, 0.29) is 11.8 Å². The summed E-state index contributed by atoms with van der Waals surface area (Å²) in [6, 6.07) is 0. The number of nitrogens with zero attached hydrogens (tertiary/aromatic N) is 2. The third-order valence-corrected chi connectivity index (χ3v) is 4.23. The van der Waals surface area contributed by atoms with Gasteiger partial charge in [-0.05, 0) is 52.1 Å². The molecule has 0 radical (unpaired) electrons. The van der Waals surface area contributed by atoms with Gasteiger partial charge in [-0.2, -0.15) is 0 Å². The Labute approximate surface area is 109 Å². The monoisotopic (exact) mass is 252 g/mol. The lowest BCUT2D eigenvalue weighted by atomic mass is 9.93. The van der Waals surface area contributed by atoms with E-state index in [1.54, 1.807) is 6.92 Å². The van der Waals surface area contributed by atoms with Gasteiger partial charge in [-0.15, -0.1) is 0 Å². The van der Waals surface area contributed by atoms with Crippen LogP contribution >= 0.6 is 0 Å². The first-order chi connectivity index (χ1) is 8.66. The van der Waals surface area contributed by atoms with Crippen LogP contribution < -0.4 is 0 Å². The summed E-state index contributed by atoms with van der Waals surface area (Å²) in [4.78, 5) is 27.6. The fraction of sp³-hybridized carbons (Fsp3) is 0.857. The minimum Gasteiger partial charge on any atom is -0.342 e. The Hall–Kier alpha value is -0.900. The van der Waals surface area contributed by atoms with E-state index >= 15 is 0 Å². The Morgan fingerprint density at radius 3 is 2.17 bits per heavy atom. The molecular weight excluding hydrogens is 228 g/mol. The SMILES string of the molecule is CC(=O)C1CCN(CC(=O)N2CCCCC2)CC1. The molecule has 0 aromatic rings. The number of likely N-dealkylation sites (tertiary alicyclic amines) is 2. The van der Waals surface area contributed by atoms with Gasteiger partial charge in [-0.25, -0.2) is 0 Å². The van der Waals surface area contributed by atoms with Crippen LogP contribution in [0.15, 0.2) is 0 Å². The van der Waals surface area contributed by atoms with Gasteiger partial charge >= 0.3 is 0 Å². The Morgan fingerprint density at radius 1 is 1.00 bits per heavy atom. The van der Waals surface area contributed by atoms with Gasteiger partial charge in [-0.3, -0.25) is 14.5 Å². The molecular formula is C14H24N2O2. The highest BCUT2D eigenvalue weighted by atomic mass is 16.2. The van der Waals surface area contributed by atoms with Crippen LogP contribution in [0.2, 0.25) is 0 Å². The van der Waals surface area contributed by atoms with Gasteiger partial charge < -0.3 is 4.90 Å². The van der Waals surface area contributed by atoms with E-state index in [9.17, 15) is 9.59 Å². The van der Waals surface area contributed by atoms with E-state index in [0.29, 0.717) is 12.3 Å². The molecule has 0 saturated carbocycles. The van der Waals surface area contributed by atoms with Crippen LogP contribution in [0.5, 0.6) is 0 Å². The van der Waals surface area contributed by atoms with Gasteiger partial charge in [0.15, 0.2) is 0 Å². The van der Waals surface area contributed by atoms with Gasteiger partial charge in [0.05, 0.1) is 6.54 Å². The molecule has 0 aromatic carbocycles. The number of Topliss-reactive ketones (excluding diaryl/α,β-unsaturated/α-hetero) is 1. The average Bonchev–Trinajstić information content (AvgIpc) is 2.40. The van der Waals surface area contributed by atoms with Gasteiger partial charge in [0.25, 0.3) is 0 Å². The molecule has 0 unspecified atom stereocenters. The average molecular weight is 252 g/mol. The number of rotatable bonds is 3. The fourth-order valence-corrected chi connectivity index (χ4v) is 2.93. The lowest BCUT2D eigenvalue weighted by Gasteiger charge is -2.33. The fourth-order valence-electron chi connectivity index (χ4n) is 2.93. The molecule has 2 heterocycles. The maximum atomic E-state index is 12.1. The van der Waals surface area contributed by atoms with Crippen molar-refractivity contribution in [2.24, 2.45) is 5.92 Å². The van der Waals surface area contributed by atoms with Crippen molar-refractivity contribution in [2.75, 3.05) is 32.7 Å². The Bertz CT molecular complexity index is 303. The number of carbonyl (C=O) groups is 2.